The summed E-state index contributed by atoms with van der Waals surface area (Å²) in [6.45, 7) is 7.34. The van der Waals surface area contributed by atoms with Crippen molar-refractivity contribution in [3.8, 4) is 0 Å². The summed E-state index contributed by atoms with van der Waals surface area (Å²) >= 11 is 0. The molecule has 0 spiro atoms. The van der Waals surface area contributed by atoms with Crippen LogP contribution < -0.4 is 0 Å². The Hall–Kier alpha value is 0.210. The highest BCUT2D eigenvalue weighted by molar-refractivity contribution is 7.60. The third kappa shape index (κ3) is 3.65. The number of hydrogen-bond donors (Lipinski definition) is 0. The lowest BCUT2D eigenvalue weighted by Crippen LogP contribution is -2.22. The zero-order valence-electron chi connectivity index (χ0n) is 14.8. The summed E-state index contributed by atoms with van der Waals surface area (Å²) in [6.07, 6.45) is 15.3. The van der Waals surface area contributed by atoms with Crippen LogP contribution in [0.25, 0.3) is 0 Å². The minimum atomic E-state index is 0.201. The van der Waals surface area contributed by atoms with E-state index >= 15 is 0 Å². The van der Waals surface area contributed by atoms with Crippen molar-refractivity contribution >= 4 is 16.1 Å². The number of hydrogen-bond acceptors (Lipinski definition) is 0. The summed E-state index contributed by atoms with van der Waals surface area (Å²) in [6, 6.07) is 0. The molecule has 1 heterocycles. The van der Waals surface area contributed by atoms with E-state index in [1.807, 2.05) is 5.30 Å². The van der Waals surface area contributed by atoms with Crippen LogP contribution in [0.5, 0.6) is 0 Å². The van der Waals surface area contributed by atoms with Gasteiger partial charge in [-0.15, -0.1) is 8.19 Å². The Kier molecular flexibility index (Phi) is 6.09. The monoisotopic (exact) mass is 336 g/mol. The van der Waals surface area contributed by atoms with Gasteiger partial charge in [-0.1, -0.05) is 53.4 Å². The van der Waals surface area contributed by atoms with E-state index in [-0.39, 0.29) is 7.92 Å². The maximum Gasteiger partial charge on any atom is 0.00561 e. The summed E-state index contributed by atoms with van der Waals surface area (Å²) < 4.78 is 0. The molecule has 124 valence electrons. The lowest BCUT2D eigenvalue weighted by atomic mass is 9.99. The third-order valence-electron chi connectivity index (χ3n) is 6.30. The molecule has 0 bridgehead atoms. The molecule has 0 saturated heterocycles. The van der Waals surface area contributed by atoms with Crippen molar-refractivity contribution in [1.29, 1.82) is 0 Å². The van der Waals surface area contributed by atoms with Gasteiger partial charge in [-0.05, 0) is 73.1 Å². The average Bonchev–Trinajstić information content (AvgIpc) is 2.89. The van der Waals surface area contributed by atoms with Crippen LogP contribution >= 0.6 is 16.1 Å². The van der Waals surface area contributed by atoms with E-state index in [0.717, 1.165) is 25.2 Å². The van der Waals surface area contributed by atoms with Crippen molar-refractivity contribution in [2.75, 3.05) is 0 Å². The molecule has 1 aromatic heterocycles. The van der Waals surface area contributed by atoms with E-state index in [1.165, 1.54) is 38.5 Å². The molecule has 0 amide bonds. The smallest absolute Gasteiger partial charge is 0.00561 e. The summed E-state index contributed by atoms with van der Waals surface area (Å²) in [5, 5.41) is 1.85. The van der Waals surface area contributed by atoms with Crippen molar-refractivity contribution in [2.45, 2.75) is 102 Å². The highest BCUT2D eigenvalue weighted by Gasteiger charge is 2.35. The Bertz CT molecular complexity index is 446. The fourth-order valence-corrected chi connectivity index (χ4v) is 11.1. The maximum atomic E-state index is 2.62. The van der Waals surface area contributed by atoms with Crippen LogP contribution in [0.2, 0.25) is 0 Å². The lowest BCUT2D eigenvalue weighted by molar-refractivity contribution is 0.481. The van der Waals surface area contributed by atoms with Crippen molar-refractivity contribution in [2.24, 2.45) is 0 Å². The summed E-state index contributed by atoms with van der Waals surface area (Å²) in [5.41, 5.74) is 6.31. The Labute approximate surface area is 140 Å². The predicted octanol–water partition coefficient (Wildman–Crippen LogP) is 7.54. The second-order valence-corrected chi connectivity index (χ2v) is 12.0. The Morgan fingerprint density at radius 3 is 1.82 bits per heavy atom. The average molecular weight is 336 g/mol. The first-order chi connectivity index (χ1) is 10.7. The molecule has 1 aromatic rings. The standard InChI is InChI=1S/C20H34P2/c1-15-14-21-20(16(15)2)17(3)22(18-10-6-4-7-11-18)19-12-8-5-9-13-19/h14,17-19,21H,4-13H2,1-3H3/t17-/m0/s1. The SMILES string of the molecule is Cc1c[pH]c([C@H](C)P(C2CCCCC2)C2CCCCC2)c1C. The molecule has 2 aliphatic rings. The lowest BCUT2D eigenvalue weighted by Gasteiger charge is -2.42. The van der Waals surface area contributed by atoms with Gasteiger partial charge in [-0.25, -0.2) is 0 Å². The molecule has 0 N–H and O–H groups in total. The molecule has 2 aliphatic carbocycles. The fraction of sp³-hybridized carbons (Fsp3) is 0.800. The zero-order valence-corrected chi connectivity index (χ0v) is 16.7. The van der Waals surface area contributed by atoms with Crippen LogP contribution in [0.15, 0.2) is 5.80 Å². The van der Waals surface area contributed by atoms with Crippen molar-refractivity contribution < 1.29 is 0 Å². The van der Waals surface area contributed by atoms with Crippen molar-refractivity contribution in [3.63, 3.8) is 0 Å². The van der Waals surface area contributed by atoms with E-state index in [9.17, 15) is 0 Å². The van der Waals surface area contributed by atoms with Gasteiger partial charge < -0.3 is 0 Å². The quantitative estimate of drug-likeness (QED) is 0.498. The van der Waals surface area contributed by atoms with Crippen LogP contribution in [-0.2, 0) is 0 Å². The van der Waals surface area contributed by atoms with Gasteiger partial charge in [-0.2, -0.15) is 0 Å². The first kappa shape index (κ1) is 17.0. The van der Waals surface area contributed by atoms with Gasteiger partial charge in [0.1, 0.15) is 0 Å². The van der Waals surface area contributed by atoms with E-state index < -0.39 is 0 Å². The van der Waals surface area contributed by atoms with Crippen LogP contribution in [0.1, 0.15) is 93.2 Å². The van der Waals surface area contributed by atoms with E-state index in [2.05, 4.69) is 26.6 Å². The van der Waals surface area contributed by atoms with E-state index in [0.29, 0.717) is 0 Å². The topological polar surface area (TPSA) is 0 Å². The van der Waals surface area contributed by atoms with E-state index in [1.54, 1.807) is 36.8 Å². The molecular weight excluding hydrogens is 302 g/mol. The Balaban J connectivity index is 1.84. The van der Waals surface area contributed by atoms with Gasteiger partial charge in [-0.3, -0.25) is 0 Å². The Morgan fingerprint density at radius 1 is 0.909 bits per heavy atom. The van der Waals surface area contributed by atoms with E-state index in [4.69, 9.17) is 0 Å². The molecule has 2 saturated carbocycles. The van der Waals surface area contributed by atoms with Crippen molar-refractivity contribution in [3.05, 3.63) is 22.2 Å². The minimum Gasteiger partial charge on any atom is -0.135 e. The highest BCUT2D eigenvalue weighted by atomic mass is 31.1. The molecule has 1 unspecified atom stereocenters. The minimum absolute atomic E-state index is 0.201. The van der Waals surface area contributed by atoms with Gasteiger partial charge in [0.2, 0.25) is 0 Å². The third-order valence-corrected chi connectivity index (χ3v) is 12.1. The second-order valence-electron chi connectivity index (χ2n) is 7.72. The van der Waals surface area contributed by atoms with Crippen LogP contribution in [-0.4, -0.2) is 11.3 Å². The van der Waals surface area contributed by atoms with Gasteiger partial charge in [0.25, 0.3) is 0 Å². The molecular formula is C20H34P2. The molecule has 22 heavy (non-hydrogen) atoms. The zero-order chi connectivity index (χ0) is 15.5. The highest BCUT2D eigenvalue weighted by Crippen LogP contribution is 2.65. The van der Waals surface area contributed by atoms with Gasteiger partial charge in [0.05, 0.1) is 0 Å². The maximum absolute atomic E-state index is 2.62. The Morgan fingerprint density at radius 2 is 1.41 bits per heavy atom. The second kappa shape index (κ2) is 7.85. The van der Waals surface area contributed by atoms with Gasteiger partial charge in [0.15, 0.2) is 0 Å². The molecule has 0 nitrogen and oxygen atoms in total. The number of aryl methyl sites for hydroxylation is 1. The number of rotatable bonds is 4. The van der Waals surface area contributed by atoms with Crippen molar-refractivity contribution in [1.82, 2.24) is 0 Å². The van der Waals surface area contributed by atoms with Gasteiger partial charge >= 0.3 is 0 Å². The molecule has 3 rings (SSSR count). The summed E-state index contributed by atoms with van der Waals surface area (Å²) in [4.78, 5) is 0. The largest absolute Gasteiger partial charge is 0.135 e. The summed E-state index contributed by atoms with van der Waals surface area (Å²) in [7, 11) is 1.20. The van der Waals surface area contributed by atoms with Crippen LogP contribution in [0.4, 0.5) is 0 Å². The molecule has 0 aliphatic heterocycles. The molecule has 2 fully saturated rings. The van der Waals surface area contributed by atoms with Crippen LogP contribution in [0.3, 0.4) is 0 Å². The fourth-order valence-electron chi connectivity index (χ4n) is 4.89. The molecule has 2 heteroatoms. The molecule has 2 atom stereocenters. The molecule has 0 radical (unpaired) electrons. The van der Waals surface area contributed by atoms with Crippen LogP contribution in [0, 0.1) is 13.8 Å². The first-order valence-electron chi connectivity index (χ1n) is 9.60. The van der Waals surface area contributed by atoms with Gasteiger partial charge in [0, 0.05) is 5.66 Å². The predicted molar refractivity (Wildman–Crippen MR) is 104 cm³/mol. The molecule has 0 aromatic carbocycles. The first-order valence-corrected chi connectivity index (χ1v) is 12.2. The summed E-state index contributed by atoms with van der Waals surface area (Å²) in [5.74, 6) is 2.51. The normalized spacial score (nSPS) is 23.5.